The SMILES string of the molecule is C=CCN(CCC)CCCCCCNCCC. The molecule has 0 aliphatic rings. The lowest BCUT2D eigenvalue weighted by Crippen LogP contribution is -2.25. The molecule has 0 atom stereocenters. The summed E-state index contributed by atoms with van der Waals surface area (Å²) < 4.78 is 0. The van der Waals surface area contributed by atoms with Gasteiger partial charge >= 0.3 is 0 Å². The van der Waals surface area contributed by atoms with E-state index in [4.69, 9.17) is 0 Å². The Morgan fingerprint density at radius 3 is 2.35 bits per heavy atom. The van der Waals surface area contributed by atoms with Crippen LogP contribution in [-0.4, -0.2) is 37.6 Å². The lowest BCUT2D eigenvalue weighted by atomic mass is 10.2. The molecule has 0 saturated heterocycles. The second-order valence-electron chi connectivity index (χ2n) is 4.75. The molecule has 0 spiro atoms. The molecule has 0 bridgehead atoms. The smallest absolute Gasteiger partial charge is 0.0160 e. The average Bonchev–Trinajstić information content (AvgIpc) is 2.33. The van der Waals surface area contributed by atoms with Gasteiger partial charge in [-0.1, -0.05) is 32.8 Å². The molecule has 0 aromatic heterocycles. The largest absolute Gasteiger partial charge is 0.317 e. The van der Waals surface area contributed by atoms with E-state index in [-0.39, 0.29) is 0 Å². The molecule has 0 fully saturated rings. The zero-order valence-corrected chi connectivity index (χ0v) is 12.0. The Morgan fingerprint density at radius 2 is 1.71 bits per heavy atom. The average molecular weight is 240 g/mol. The van der Waals surface area contributed by atoms with Gasteiger partial charge in [0.1, 0.15) is 0 Å². The van der Waals surface area contributed by atoms with E-state index in [1.165, 1.54) is 64.7 Å². The summed E-state index contributed by atoms with van der Waals surface area (Å²) in [6.07, 6.45) is 9.90. The summed E-state index contributed by atoms with van der Waals surface area (Å²) in [6.45, 7) is 14.1. The van der Waals surface area contributed by atoms with Crippen molar-refractivity contribution in [3.8, 4) is 0 Å². The predicted molar refractivity (Wildman–Crippen MR) is 78.6 cm³/mol. The van der Waals surface area contributed by atoms with Crippen molar-refractivity contribution in [3.63, 3.8) is 0 Å². The van der Waals surface area contributed by atoms with Gasteiger partial charge in [-0.15, -0.1) is 6.58 Å². The molecule has 17 heavy (non-hydrogen) atoms. The van der Waals surface area contributed by atoms with Crippen LogP contribution in [0.15, 0.2) is 12.7 Å². The second-order valence-corrected chi connectivity index (χ2v) is 4.75. The van der Waals surface area contributed by atoms with E-state index in [0.717, 1.165) is 6.54 Å². The molecule has 0 aliphatic heterocycles. The maximum Gasteiger partial charge on any atom is 0.0160 e. The first-order chi connectivity index (χ1) is 8.35. The molecule has 2 heteroatoms. The van der Waals surface area contributed by atoms with Crippen molar-refractivity contribution in [1.82, 2.24) is 10.2 Å². The zero-order chi connectivity index (χ0) is 12.8. The minimum Gasteiger partial charge on any atom is -0.317 e. The highest BCUT2D eigenvalue weighted by Gasteiger charge is 2.00. The predicted octanol–water partition coefficient (Wildman–Crippen LogP) is 3.44. The van der Waals surface area contributed by atoms with E-state index in [1.807, 2.05) is 6.08 Å². The molecule has 1 N–H and O–H groups in total. The molecule has 0 unspecified atom stereocenters. The highest BCUT2D eigenvalue weighted by Crippen LogP contribution is 2.02. The fourth-order valence-corrected chi connectivity index (χ4v) is 2.03. The van der Waals surface area contributed by atoms with Gasteiger partial charge in [0.2, 0.25) is 0 Å². The van der Waals surface area contributed by atoms with Crippen molar-refractivity contribution in [1.29, 1.82) is 0 Å². The molecule has 0 amide bonds. The molecule has 102 valence electrons. The van der Waals surface area contributed by atoms with E-state index < -0.39 is 0 Å². The third-order valence-electron chi connectivity index (χ3n) is 2.93. The van der Waals surface area contributed by atoms with E-state index in [1.54, 1.807) is 0 Å². The van der Waals surface area contributed by atoms with Gasteiger partial charge in [0, 0.05) is 6.54 Å². The summed E-state index contributed by atoms with van der Waals surface area (Å²) >= 11 is 0. The van der Waals surface area contributed by atoms with Crippen LogP contribution >= 0.6 is 0 Å². The minimum atomic E-state index is 1.05. The third-order valence-corrected chi connectivity index (χ3v) is 2.93. The molecule has 0 heterocycles. The van der Waals surface area contributed by atoms with E-state index >= 15 is 0 Å². The van der Waals surface area contributed by atoms with Gasteiger partial charge < -0.3 is 5.32 Å². The molecule has 0 aliphatic carbocycles. The fourth-order valence-electron chi connectivity index (χ4n) is 2.03. The van der Waals surface area contributed by atoms with Crippen molar-refractivity contribution in [2.24, 2.45) is 0 Å². The van der Waals surface area contributed by atoms with Gasteiger partial charge in [0.05, 0.1) is 0 Å². The van der Waals surface area contributed by atoms with Crippen LogP contribution in [0.4, 0.5) is 0 Å². The maximum atomic E-state index is 3.82. The van der Waals surface area contributed by atoms with Crippen molar-refractivity contribution in [2.45, 2.75) is 52.4 Å². The van der Waals surface area contributed by atoms with Crippen LogP contribution in [0.25, 0.3) is 0 Å². The van der Waals surface area contributed by atoms with Crippen molar-refractivity contribution in [2.75, 3.05) is 32.7 Å². The molecule has 0 aromatic rings. The van der Waals surface area contributed by atoms with Crippen LogP contribution in [0.3, 0.4) is 0 Å². The Kier molecular flexibility index (Phi) is 13.4. The lowest BCUT2D eigenvalue weighted by molar-refractivity contribution is 0.294. The van der Waals surface area contributed by atoms with Crippen LogP contribution in [0.5, 0.6) is 0 Å². The summed E-state index contributed by atoms with van der Waals surface area (Å²) in [5.41, 5.74) is 0. The second kappa shape index (κ2) is 13.7. The highest BCUT2D eigenvalue weighted by atomic mass is 15.1. The summed E-state index contributed by atoms with van der Waals surface area (Å²) in [4.78, 5) is 2.50. The number of unbranched alkanes of at least 4 members (excludes halogenated alkanes) is 3. The quantitative estimate of drug-likeness (QED) is 0.392. The van der Waals surface area contributed by atoms with Crippen LogP contribution in [0, 0.1) is 0 Å². The van der Waals surface area contributed by atoms with E-state index in [9.17, 15) is 0 Å². The summed E-state index contributed by atoms with van der Waals surface area (Å²) in [5, 5.41) is 3.45. The Bertz CT molecular complexity index is 157. The molecular formula is C15H32N2. The minimum absolute atomic E-state index is 1.05. The van der Waals surface area contributed by atoms with Crippen LogP contribution < -0.4 is 5.32 Å². The first-order valence-corrected chi connectivity index (χ1v) is 7.39. The Morgan fingerprint density at radius 1 is 0.941 bits per heavy atom. The summed E-state index contributed by atoms with van der Waals surface area (Å²) in [6, 6.07) is 0. The van der Waals surface area contributed by atoms with Gasteiger partial charge in [0.15, 0.2) is 0 Å². The van der Waals surface area contributed by atoms with Crippen LogP contribution in [-0.2, 0) is 0 Å². The first-order valence-electron chi connectivity index (χ1n) is 7.39. The Labute approximate surface area is 108 Å². The molecule has 0 rings (SSSR count). The van der Waals surface area contributed by atoms with Gasteiger partial charge in [0.25, 0.3) is 0 Å². The zero-order valence-electron chi connectivity index (χ0n) is 12.0. The summed E-state index contributed by atoms with van der Waals surface area (Å²) in [7, 11) is 0. The number of nitrogens with one attached hydrogen (secondary N) is 1. The topological polar surface area (TPSA) is 15.3 Å². The number of nitrogens with zero attached hydrogens (tertiary/aromatic N) is 1. The summed E-state index contributed by atoms with van der Waals surface area (Å²) in [5.74, 6) is 0. The fraction of sp³-hybridized carbons (Fsp3) is 0.867. The molecule has 2 nitrogen and oxygen atoms in total. The monoisotopic (exact) mass is 240 g/mol. The maximum absolute atomic E-state index is 3.82. The van der Waals surface area contributed by atoms with Crippen molar-refractivity contribution in [3.05, 3.63) is 12.7 Å². The third kappa shape index (κ3) is 11.9. The molecular weight excluding hydrogens is 208 g/mol. The standard InChI is InChI=1S/C15H32N2/c1-4-11-16-12-9-7-8-10-15-17(13-5-2)14-6-3/h5,16H,2,4,6-15H2,1,3H3. The number of hydrogen-bond acceptors (Lipinski definition) is 2. The van der Waals surface area contributed by atoms with Crippen LogP contribution in [0.1, 0.15) is 52.4 Å². The van der Waals surface area contributed by atoms with Crippen molar-refractivity contribution >= 4 is 0 Å². The van der Waals surface area contributed by atoms with Gasteiger partial charge in [-0.2, -0.15) is 0 Å². The molecule has 0 saturated carbocycles. The van der Waals surface area contributed by atoms with Crippen LogP contribution in [0.2, 0.25) is 0 Å². The molecule has 0 aromatic carbocycles. The number of rotatable bonds is 13. The number of hydrogen-bond donors (Lipinski definition) is 1. The Balaban J connectivity index is 3.26. The highest BCUT2D eigenvalue weighted by molar-refractivity contribution is 4.73. The lowest BCUT2D eigenvalue weighted by Gasteiger charge is -2.19. The van der Waals surface area contributed by atoms with Gasteiger partial charge in [-0.3, -0.25) is 4.90 Å². The first kappa shape index (κ1) is 16.7. The van der Waals surface area contributed by atoms with E-state index in [0.29, 0.717) is 0 Å². The van der Waals surface area contributed by atoms with Gasteiger partial charge in [-0.05, 0) is 51.9 Å². The normalized spacial score (nSPS) is 11.0. The van der Waals surface area contributed by atoms with E-state index in [2.05, 4.69) is 30.6 Å². The Hall–Kier alpha value is -0.340. The van der Waals surface area contributed by atoms with Gasteiger partial charge in [-0.25, -0.2) is 0 Å². The van der Waals surface area contributed by atoms with Crippen molar-refractivity contribution < 1.29 is 0 Å². The molecule has 0 radical (unpaired) electrons.